The molecule has 0 saturated heterocycles. The lowest BCUT2D eigenvalue weighted by Crippen LogP contribution is -1.34. The van der Waals surface area contributed by atoms with Gasteiger partial charge in [0.1, 0.15) is 0 Å². The summed E-state index contributed by atoms with van der Waals surface area (Å²) in [5.41, 5.74) is 0. The van der Waals surface area contributed by atoms with Gasteiger partial charge in [-0.1, -0.05) is 0 Å². The fraction of sp³-hybridized carbons (Fsp3) is 0.500. The first kappa shape index (κ1) is 5.15. The Morgan fingerprint density at radius 2 is 2.60 bits per heavy atom. The van der Waals surface area contributed by atoms with Gasteiger partial charge in [0.25, 0.3) is 0 Å². The summed E-state index contributed by atoms with van der Waals surface area (Å²) in [5.74, 6) is 0. The van der Waals surface area contributed by atoms with E-state index in [1.54, 1.807) is 0 Å². The van der Waals surface area contributed by atoms with Crippen molar-refractivity contribution in [2.45, 2.75) is 0 Å². The van der Waals surface area contributed by atoms with Crippen molar-refractivity contribution < 1.29 is 0 Å². The maximum absolute atomic E-state index is 4.21. The van der Waals surface area contributed by atoms with Gasteiger partial charge >= 0.3 is 0 Å². The van der Waals surface area contributed by atoms with Gasteiger partial charge in [-0.3, -0.25) is 0 Å². The van der Waals surface area contributed by atoms with Crippen LogP contribution in [0.15, 0.2) is 4.40 Å². The maximum Gasteiger partial charge on any atom is 0.0717 e. The van der Waals surface area contributed by atoms with E-state index in [-0.39, 0.29) is 0 Å². The first-order valence-electron chi connectivity index (χ1n) is 1.02. The summed E-state index contributed by atoms with van der Waals surface area (Å²) in [7, 11) is 0. The van der Waals surface area contributed by atoms with Crippen LogP contribution in [0.3, 0.4) is 0 Å². The Balaban J connectivity index is 2.93. The SMILES string of the molecule is CSN=C=S. The smallest absolute Gasteiger partial charge is 0.0717 e. The Hall–Kier alpha value is 0.150. The minimum atomic E-state index is 1.31. The molecule has 0 amide bonds. The quantitative estimate of drug-likeness (QED) is 0.283. The Kier molecular flexibility index (Phi) is 4.27. The van der Waals surface area contributed by atoms with Crippen molar-refractivity contribution in [3.05, 3.63) is 0 Å². The van der Waals surface area contributed by atoms with E-state index in [0.29, 0.717) is 0 Å². The second-order valence-corrected chi connectivity index (χ2v) is 1.10. The molecule has 1 nitrogen and oxygen atoms in total. The van der Waals surface area contributed by atoms with Crippen LogP contribution in [0.1, 0.15) is 0 Å². The van der Waals surface area contributed by atoms with E-state index in [4.69, 9.17) is 0 Å². The Morgan fingerprint density at radius 1 is 2.00 bits per heavy atom. The molecule has 0 atom stereocenters. The Morgan fingerprint density at radius 3 is 2.60 bits per heavy atom. The molecule has 0 aromatic heterocycles. The number of hydrogen-bond acceptors (Lipinski definition) is 3. The lowest BCUT2D eigenvalue weighted by molar-refractivity contribution is 2.02. The summed E-state index contributed by atoms with van der Waals surface area (Å²) in [5, 5.41) is 2.19. The van der Waals surface area contributed by atoms with E-state index in [1.165, 1.54) is 11.9 Å². The zero-order chi connectivity index (χ0) is 4.12. The third-order valence-electron chi connectivity index (χ3n) is 0.129. The van der Waals surface area contributed by atoms with Gasteiger partial charge in [0.2, 0.25) is 0 Å². The van der Waals surface area contributed by atoms with Crippen LogP contribution in [0, 0.1) is 0 Å². The second-order valence-electron chi connectivity index (χ2n) is 0.365. The van der Waals surface area contributed by atoms with E-state index in [9.17, 15) is 0 Å². The highest BCUT2D eigenvalue weighted by Gasteiger charge is 1.49. The molecule has 0 N–H and O–H groups in total. The summed E-state index contributed by atoms with van der Waals surface area (Å²) in [6.45, 7) is 0. The lowest BCUT2D eigenvalue weighted by atomic mass is 11.8. The van der Waals surface area contributed by atoms with Gasteiger partial charge in [-0.15, -0.1) is 0 Å². The monoisotopic (exact) mass is 105 g/mol. The third-order valence-corrected chi connectivity index (χ3v) is 0.609. The van der Waals surface area contributed by atoms with Crippen LogP contribution in [-0.4, -0.2) is 11.4 Å². The molecule has 5 heavy (non-hydrogen) atoms. The van der Waals surface area contributed by atoms with Gasteiger partial charge in [-0.25, -0.2) is 0 Å². The average molecular weight is 105 g/mol. The summed E-state index contributed by atoms with van der Waals surface area (Å²) >= 11 is 5.52. The van der Waals surface area contributed by atoms with Crippen LogP contribution >= 0.6 is 24.2 Å². The topological polar surface area (TPSA) is 12.4 Å². The molecule has 0 heterocycles. The zero-order valence-electron chi connectivity index (χ0n) is 2.76. The summed E-state index contributed by atoms with van der Waals surface area (Å²) in [6.07, 6.45) is 1.83. The summed E-state index contributed by atoms with van der Waals surface area (Å²) < 4.78 is 3.45. The molecule has 0 aliphatic heterocycles. The largest absolute Gasteiger partial charge is 0.162 e. The number of thiocarbonyl (C=S) groups is 1. The van der Waals surface area contributed by atoms with Gasteiger partial charge in [0.05, 0.1) is 5.16 Å². The molecule has 0 fully saturated rings. The highest BCUT2D eigenvalue weighted by Crippen LogP contribution is 1.86. The number of isothiocyanates is 1. The summed E-state index contributed by atoms with van der Waals surface area (Å²) in [4.78, 5) is 0. The predicted octanol–water partition coefficient (Wildman–Crippen LogP) is 1.37. The van der Waals surface area contributed by atoms with Crippen LogP contribution in [0.2, 0.25) is 0 Å². The molecule has 3 heteroatoms. The highest BCUT2D eigenvalue weighted by molar-refractivity contribution is 7.97. The van der Waals surface area contributed by atoms with Gasteiger partial charge in [0.15, 0.2) is 0 Å². The fourth-order valence-corrected chi connectivity index (χ4v) is 0.335. The van der Waals surface area contributed by atoms with E-state index >= 15 is 0 Å². The lowest BCUT2D eigenvalue weighted by Gasteiger charge is -1.59. The molecule has 0 aliphatic rings. The molecule has 0 spiro atoms. The van der Waals surface area contributed by atoms with E-state index in [2.05, 4.69) is 21.8 Å². The standard InChI is InChI=1S/C2H3NS2/c1-5-3-2-4/h1H3. The first-order chi connectivity index (χ1) is 2.41. The molecule has 0 aliphatic carbocycles. The van der Waals surface area contributed by atoms with Crippen molar-refractivity contribution >= 4 is 29.3 Å². The van der Waals surface area contributed by atoms with Crippen molar-refractivity contribution in [3.8, 4) is 0 Å². The molecule has 0 rings (SSSR count). The highest BCUT2D eigenvalue weighted by atomic mass is 32.2. The molecular weight excluding hydrogens is 102 g/mol. The summed E-state index contributed by atoms with van der Waals surface area (Å²) in [6, 6.07) is 0. The van der Waals surface area contributed by atoms with Gasteiger partial charge in [-0.05, 0) is 24.2 Å². The Bertz CT molecular complexity index is 54.7. The molecule has 0 aromatic carbocycles. The number of rotatable bonds is 1. The normalized spacial score (nSPS) is 5.80. The van der Waals surface area contributed by atoms with Crippen molar-refractivity contribution in [1.29, 1.82) is 0 Å². The van der Waals surface area contributed by atoms with Gasteiger partial charge < -0.3 is 0 Å². The zero-order valence-corrected chi connectivity index (χ0v) is 4.40. The number of hydrogen-bond donors (Lipinski definition) is 0. The van der Waals surface area contributed by atoms with E-state index in [0.717, 1.165) is 0 Å². The second kappa shape index (κ2) is 4.15. The van der Waals surface area contributed by atoms with Crippen LogP contribution in [0.4, 0.5) is 0 Å². The fourth-order valence-electron chi connectivity index (χ4n) is 0.0373. The van der Waals surface area contributed by atoms with Crippen LogP contribution in [-0.2, 0) is 0 Å². The minimum absolute atomic E-state index is 1.31. The van der Waals surface area contributed by atoms with Gasteiger partial charge in [-0.2, -0.15) is 4.40 Å². The van der Waals surface area contributed by atoms with E-state index in [1.807, 2.05) is 6.26 Å². The van der Waals surface area contributed by atoms with Crippen molar-refractivity contribution in [2.75, 3.05) is 6.26 Å². The van der Waals surface area contributed by atoms with Crippen LogP contribution < -0.4 is 0 Å². The van der Waals surface area contributed by atoms with Gasteiger partial charge in [0, 0.05) is 6.26 Å². The van der Waals surface area contributed by atoms with Crippen molar-refractivity contribution in [1.82, 2.24) is 0 Å². The molecule has 0 radical (unpaired) electrons. The Labute approximate surface area is 40.6 Å². The minimum Gasteiger partial charge on any atom is -0.162 e. The first-order valence-corrected chi connectivity index (χ1v) is 2.61. The number of nitrogens with zero attached hydrogens (tertiary/aromatic N) is 1. The van der Waals surface area contributed by atoms with Crippen LogP contribution in [0.25, 0.3) is 0 Å². The van der Waals surface area contributed by atoms with Crippen molar-refractivity contribution in [3.63, 3.8) is 0 Å². The molecular formula is C2H3NS2. The molecule has 0 unspecified atom stereocenters. The maximum atomic E-state index is 4.21. The molecule has 28 valence electrons. The third kappa shape index (κ3) is 4.15. The van der Waals surface area contributed by atoms with Crippen LogP contribution in [0.5, 0.6) is 0 Å². The average Bonchev–Trinajstić information content (AvgIpc) is 1.41. The molecule has 0 aromatic rings. The predicted molar refractivity (Wildman–Crippen MR) is 28.5 cm³/mol. The molecule has 0 bridgehead atoms. The van der Waals surface area contributed by atoms with E-state index < -0.39 is 0 Å². The molecule has 0 saturated carbocycles. The van der Waals surface area contributed by atoms with Crippen molar-refractivity contribution in [2.24, 2.45) is 4.40 Å².